The Bertz CT molecular complexity index is 427. The van der Waals surface area contributed by atoms with Gasteiger partial charge in [0.2, 0.25) is 5.91 Å². The molecule has 1 fully saturated rings. The lowest BCUT2D eigenvalue weighted by molar-refractivity contribution is -0.127. The van der Waals surface area contributed by atoms with Gasteiger partial charge in [0.05, 0.1) is 5.56 Å². The zero-order chi connectivity index (χ0) is 12.3. The molecule has 0 aliphatic carbocycles. The first-order chi connectivity index (χ1) is 8.16. The third kappa shape index (κ3) is 3.06. The van der Waals surface area contributed by atoms with Gasteiger partial charge in [0.15, 0.2) is 0 Å². The van der Waals surface area contributed by atoms with Crippen LogP contribution in [-0.4, -0.2) is 35.0 Å². The lowest BCUT2D eigenvalue weighted by Crippen LogP contribution is -2.25. The topological polar surface area (TPSA) is 57.6 Å². The van der Waals surface area contributed by atoms with Crippen LogP contribution < -0.4 is 0 Å². The summed E-state index contributed by atoms with van der Waals surface area (Å²) in [6, 6.07) is 1.72. The molecule has 1 N–H and O–H groups in total. The van der Waals surface area contributed by atoms with Gasteiger partial charge in [-0.2, -0.15) is 0 Å². The zero-order valence-electron chi connectivity index (χ0n) is 9.52. The van der Waals surface area contributed by atoms with E-state index in [-0.39, 0.29) is 5.91 Å². The average Bonchev–Trinajstić information content (AvgIpc) is 2.89. The minimum absolute atomic E-state index is 0.252. The van der Waals surface area contributed by atoms with E-state index < -0.39 is 5.97 Å². The summed E-state index contributed by atoms with van der Waals surface area (Å²) in [7, 11) is 0. The summed E-state index contributed by atoms with van der Waals surface area (Å²) >= 11 is 1.48. The Morgan fingerprint density at radius 3 is 2.94 bits per heavy atom. The molecule has 2 rings (SSSR count). The number of aryl methyl sites for hydroxylation is 1. The molecule has 4 nitrogen and oxygen atoms in total. The molecule has 1 aromatic rings. The fraction of sp³-hybridized carbons (Fsp3) is 0.500. The van der Waals surface area contributed by atoms with E-state index >= 15 is 0 Å². The highest BCUT2D eigenvalue weighted by atomic mass is 32.1. The SMILES string of the molecule is O=C(O)c1csc(CCCN2CCCC2=O)c1. The van der Waals surface area contributed by atoms with Crippen LogP contribution in [0.15, 0.2) is 11.4 Å². The van der Waals surface area contributed by atoms with Gasteiger partial charge in [0.1, 0.15) is 0 Å². The largest absolute Gasteiger partial charge is 0.478 e. The highest BCUT2D eigenvalue weighted by Crippen LogP contribution is 2.17. The van der Waals surface area contributed by atoms with Crippen LogP contribution in [0.25, 0.3) is 0 Å². The van der Waals surface area contributed by atoms with Gasteiger partial charge >= 0.3 is 5.97 Å². The van der Waals surface area contributed by atoms with Gasteiger partial charge in [-0.05, 0) is 25.3 Å². The molecular weight excluding hydrogens is 238 g/mol. The number of carbonyl (C=O) groups excluding carboxylic acids is 1. The average molecular weight is 253 g/mol. The van der Waals surface area contributed by atoms with E-state index in [2.05, 4.69) is 0 Å². The van der Waals surface area contributed by atoms with Crippen molar-refractivity contribution in [2.45, 2.75) is 25.7 Å². The number of hydrogen-bond donors (Lipinski definition) is 1. The molecule has 1 aliphatic heterocycles. The minimum Gasteiger partial charge on any atom is -0.478 e. The van der Waals surface area contributed by atoms with Gasteiger partial charge in [-0.15, -0.1) is 11.3 Å². The van der Waals surface area contributed by atoms with E-state index in [1.54, 1.807) is 11.4 Å². The van der Waals surface area contributed by atoms with E-state index in [0.717, 1.165) is 37.2 Å². The van der Waals surface area contributed by atoms with Crippen LogP contribution in [0.4, 0.5) is 0 Å². The molecule has 2 heterocycles. The van der Waals surface area contributed by atoms with Crippen molar-refractivity contribution in [3.63, 3.8) is 0 Å². The molecule has 0 atom stereocenters. The smallest absolute Gasteiger partial charge is 0.336 e. The van der Waals surface area contributed by atoms with Gasteiger partial charge in [-0.3, -0.25) is 4.79 Å². The van der Waals surface area contributed by atoms with Crippen molar-refractivity contribution in [1.82, 2.24) is 4.90 Å². The van der Waals surface area contributed by atoms with Crippen molar-refractivity contribution in [2.75, 3.05) is 13.1 Å². The molecule has 1 aliphatic rings. The number of thiophene rings is 1. The number of hydrogen-bond acceptors (Lipinski definition) is 3. The second-order valence-corrected chi connectivity index (χ2v) is 5.19. The summed E-state index contributed by atoms with van der Waals surface area (Å²) in [5, 5.41) is 10.5. The molecule has 0 aromatic carbocycles. The first-order valence-electron chi connectivity index (χ1n) is 5.75. The van der Waals surface area contributed by atoms with Crippen molar-refractivity contribution in [3.8, 4) is 0 Å². The Morgan fingerprint density at radius 1 is 1.53 bits per heavy atom. The first-order valence-corrected chi connectivity index (χ1v) is 6.63. The summed E-state index contributed by atoms with van der Waals surface area (Å²) in [5.74, 6) is -0.621. The number of aromatic carboxylic acids is 1. The van der Waals surface area contributed by atoms with Gasteiger partial charge < -0.3 is 10.0 Å². The van der Waals surface area contributed by atoms with Crippen LogP contribution in [0.1, 0.15) is 34.5 Å². The first kappa shape index (κ1) is 12.1. The maximum absolute atomic E-state index is 11.4. The second-order valence-electron chi connectivity index (χ2n) is 4.19. The molecule has 0 unspecified atom stereocenters. The Labute approximate surface area is 104 Å². The van der Waals surface area contributed by atoms with E-state index in [4.69, 9.17) is 5.11 Å². The molecule has 92 valence electrons. The lowest BCUT2D eigenvalue weighted by atomic mass is 10.2. The van der Waals surface area contributed by atoms with Gasteiger partial charge in [-0.1, -0.05) is 0 Å². The molecular formula is C12H15NO3S. The summed E-state index contributed by atoms with van der Waals surface area (Å²) in [4.78, 5) is 25.0. The van der Waals surface area contributed by atoms with Gasteiger partial charge in [0, 0.05) is 29.8 Å². The quantitative estimate of drug-likeness (QED) is 0.873. The van der Waals surface area contributed by atoms with E-state index in [1.807, 2.05) is 4.90 Å². The number of carboxylic acid groups (broad SMARTS) is 1. The molecule has 5 heteroatoms. The van der Waals surface area contributed by atoms with E-state index in [9.17, 15) is 9.59 Å². The number of nitrogens with zero attached hydrogens (tertiary/aromatic N) is 1. The van der Waals surface area contributed by atoms with Crippen LogP contribution in [-0.2, 0) is 11.2 Å². The molecule has 0 bridgehead atoms. The summed E-state index contributed by atoms with van der Waals surface area (Å²) in [5.41, 5.74) is 0.363. The predicted octanol–water partition coefficient (Wildman–Crippen LogP) is 2.00. The van der Waals surface area contributed by atoms with Crippen molar-refractivity contribution >= 4 is 23.2 Å². The molecule has 0 radical (unpaired) electrons. The van der Waals surface area contributed by atoms with Crippen molar-refractivity contribution in [2.24, 2.45) is 0 Å². The predicted molar refractivity (Wildman–Crippen MR) is 65.4 cm³/mol. The normalized spacial score (nSPS) is 15.5. The molecule has 1 saturated heterocycles. The van der Waals surface area contributed by atoms with Gasteiger partial charge in [0.25, 0.3) is 0 Å². The van der Waals surface area contributed by atoms with Crippen molar-refractivity contribution < 1.29 is 14.7 Å². The number of rotatable bonds is 5. The highest BCUT2D eigenvalue weighted by molar-refractivity contribution is 7.10. The number of likely N-dealkylation sites (tertiary alicyclic amines) is 1. The fourth-order valence-electron chi connectivity index (χ4n) is 2.01. The Balaban J connectivity index is 1.77. The summed E-state index contributed by atoms with van der Waals surface area (Å²) in [6.45, 7) is 1.67. The van der Waals surface area contributed by atoms with Crippen LogP contribution >= 0.6 is 11.3 Å². The second kappa shape index (κ2) is 5.31. The summed E-state index contributed by atoms with van der Waals surface area (Å²) in [6.07, 6.45) is 3.41. The third-order valence-corrected chi connectivity index (χ3v) is 3.92. The Kier molecular flexibility index (Phi) is 3.78. The van der Waals surface area contributed by atoms with Gasteiger partial charge in [-0.25, -0.2) is 4.79 Å². The Morgan fingerprint density at radius 2 is 2.35 bits per heavy atom. The van der Waals surface area contributed by atoms with Crippen LogP contribution in [0.2, 0.25) is 0 Å². The van der Waals surface area contributed by atoms with Crippen LogP contribution in [0.3, 0.4) is 0 Å². The number of carbonyl (C=O) groups is 2. The maximum Gasteiger partial charge on any atom is 0.336 e. The molecule has 0 spiro atoms. The molecule has 17 heavy (non-hydrogen) atoms. The molecule has 1 aromatic heterocycles. The monoisotopic (exact) mass is 253 g/mol. The maximum atomic E-state index is 11.4. The number of amides is 1. The van der Waals surface area contributed by atoms with Crippen molar-refractivity contribution in [1.29, 1.82) is 0 Å². The minimum atomic E-state index is -0.873. The number of carboxylic acids is 1. The van der Waals surface area contributed by atoms with E-state index in [0.29, 0.717) is 12.0 Å². The highest BCUT2D eigenvalue weighted by Gasteiger charge is 2.19. The van der Waals surface area contributed by atoms with Crippen LogP contribution in [0, 0.1) is 0 Å². The molecule has 1 amide bonds. The van der Waals surface area contributed by atoms with Crippen molar-refractivity contribution in [3.05, 3.63) is 21.9 Å². The lowest BCUT2D eigenvalue weighted by Gasteiger charge is -2.14. The Hall–Kier alpha value is -1.36. The fourth-order valence-corrected chi connectivity index (χ4v) is 2.91. The van der Waals surface area contributed by atoms with E-state index in [1.165, 1.54) is 11.3 Å². The third-order valence-electron chi connectivity index (χ3n) is 2.92. The molecule has 0 saturated carbocycles. The standard InChI is InChI=1S/C12H15NO3S/c14-11-4-2-6-13(11)5-1-3-10-7-9(8-17-10)12(15)16/h7-8H,1-6H2,(H,15,16). The summed E-state index contributed by atoms with van der Waals surface area (Å²) < 4.78 is 0. The zero-order valence-corrected chi connectivity index (χ0v) is 10.3. The van der Waals surface area contributed by atoms with Crippen LogP contribution in [0.5, 0.6) is 0 Å².